The van der Waals surface area contributed by atoms with Crippen molar-refractivity contribution in [3.8, 4) is 17.2 Å². The zero-order valence-electron chi connectivity index (χ0n) is 15.6. The number of aromatic nitrogens is 2. The summed E-state index contributed by atoms with van der Waals surface area (Å²) in [5.41, 5.74) is 4.54. The predicted molar refractivity (Wildman–Crippen MR) is 107 cm³/mol. The fraction of sp³-hybridized carbons (Fsp3) is 0.136. The van der Waals surface area contributed by atoms with E-state index in [1.54, 1.807) is 12.3 Å². The van der Waals surface area contributed by atoms with Gasteiger partial charge in [0.2, 0.25) is 5.89 Å². The molecule has 0 radical (unpaired) electrons. The van der Waals surface area contributed by atoms with Gasteiger partial charge >= 0.3 is 0 Å². The van der Waals surface area contributed by atoms with Crippen LogP contribution in [0.3, 0.4) is 0 Å². The molecule has 6 nitrogen and oxygen atoms in total. The second-order valence-electron chi connectivity index (χ2n) is 6.48. The predicted octanol–water partition coefficient (Wildman–Crippen LogP) is 4.52. The topological polar surface area (TPSA) is 77.3 Å². The zero-order chi connectivity index (χ0) is 19.5. The molecule has 1 N–H and O–H groups in total. The van der Waals surface area contributed by atoms with Gasteiger partial charge < -0.3 is 14.5 Å². The molecule has 0 spiro atoms. The largest absolute Gasteiger partial charge is 0.483 e. The monoisotopic (exact) mass is 373 g/mol. The van der Waals surface area contributed by atoms with Crippen molar-refractivity contribution in [2.45, 2.75) is 13.8 Å². The number of anilines is 1. The fourth-order valence-corrected chi connectivity index (χ4v) is 2.83. The van der Waals surface area contributed by atoms with Crippen LogP contribution < -0.4 is 10.1 Å². The molecule has 2 aromatic heterocycles. The maximum atomic E-state index is 12.4. The van der Waals surface area contributed by atoms with Crippen molar-refractivity contribution in [2.24, 2.45) is 0 Å². The number of aryl methyl sites for hydroxylation is 2. The summed E-state index contributed by atoms with van der Waals surface area (Å²) in [7, 11) is 0. The van der Waals surface area contributed by atoms with Gasteiger partial charge in [-0.05, 0) is 55.3 Å². The van der Waals surface area contributed by atoms with Crippen LogP contribution in [0.5, 0.6) is 5.75 Å². The van der Waals surface area contributed by atoms with E-state index in [0.717, 1.165) is 16.7 Å². The summed E-state index contributed by atoms with van der Waals surface area (Å²) < 4.78 is 11.4. The van der Waals surface area contributed by atoms with Crippen LogP contribution in [0.2, 0.25) is 0 Å². The summed E-state index contributed by atoms with van der Waals surface area (Å²) >= 11 is 0. The van der Waals surface area contributed by atoms with Crippen molar-refractivity contribution in [3.63, 3.8) is 0 Å². The number of oxazole rings is 1. The molecule has 0 aliphatic heterocycles. The summed E-state index contributed by atoms with van der Waals surface area (Å²) in [5, 5.41) is 2.89. The Kier molecular flexibility index (Phi) is 4.76. The smallest absolute Gasteiger partial charge is 0.262 e. The molecule has 28 heavy (non-hydrogen) atoms. The van der Waals surface area contributed by atoms with E-state index in [1.165, 1.54) is 0 Å². The first-order valence-electron chi connectivity index (χ1n) is 8.91. The third-order valence-electron chi connectivity index (χ3n) is 4.38. The molecule has 2 aromatic carbocycles. The van der Waals surface area contributed by atoms with Gasteiger partial charge in [-0.2, -0.15) is 4.98 Å². The lowest BCUT2D eigenvalue weighted by atomic mass is 10.1. The lowest BCUT2D eigenvalue weighted by molar-refractivity contribution is -0.118. The normalized spacial score (nSPS) is 10.8. The van der Waals surface area contributed by atoms with Crippen LogP contribution in [-0.4, -0.2) is 22.5 Å². The van der Waals surface area contributed by atoms with Crippen molar-refractivity contribution >= 4 is 22.8 Å². The molecule has 6 heteroatoms. The maximum Gasteiger partial charge on any atom is 0.262 e. The average Bonchev–Trinajstić information content (AvgIpc) is 3.13. The molecular weight excluding hydrogens is 354 g/mol. The summed E-state index contributed by atoms with van der Waals surface area (Å²) in [6.45, 7) is 3.80. The number of nitrogens with zero attached hydrogens (tertiary/aromatic N) is 2. The second kappa shape index (κ2) is 7.52. The number of fused-ring (bicyclic) bond motifs is 1. The Morgan fingerprint density at radius 1 is 1.07 bits per heavy atom. The molecule has 2 heterocycles. The van der Waals surface area contributed by atoms with E-state index in [2.05, 4.69) is 15.3 Å². The van der Waals surface area contributed by atoms with Crippen molar-refractivity contribution in [1.82, 2.24) is 9.97 Å². The number of ether oxygens (including phenoxy) is 1. The number of amides is 1. The van der Waals surface area contributed by atoms with E-state index in [0.29, 0.717) is 28.6 Å². The number of rotatable bonds is 5. The van der Waals surface area contributed by atoms with Crippen molar-refractivity contribution < 1.29 is 13.9 Å². The molecule has 0 atom stereocenters. The van der Waals surface area contributed by atoms with Crippen molar-refractivity contribution in [1.29, 1.82) is 0 Å². The maximum absolute atomic E-state index is 12.4. The molecule has 0 unspecified atom stereocenters. The number of para-hydroxylation sites is 1. The summed E-state index contributed by atoms with van der Waals surface area (Å²) in [5.74, 6) is 0.921. The highest BCUT2D eigenvalue weighted by atomic mass is 16.5. The number of carbonyl (C=O) groups excluding carboxylic acids is 1. The van der Waals surface area contributed by atoms with Crippen LogP contribution in [0.25, 0.3) is 22.7 Å². The number of hydrogen-bond donors (Lipinski definition) is 1. The lowest BCUT2D eigenvalue weighted by Gasteiger charge is -2.11. The third kappa shape index (κ3) is 3.71. The Morgan fingerprint density at radius 3 is 2.75 bits per heavy atom. The highest BCUT2D eigenvalue weighted by Crippen LogP contribution is 2.27. The first kappa shape index (κ1) is 17.7. The van der Waals surface area contributed by atoms with Crippen molar-refractivity contribution in [3.05, 3.63) is 71.9 Å². The lowest BCUT2D eigenvalue weighted by Crippen LogP contribution is -2.20. The summed E-state index contributed by atoms with van der Waals surface area (Å²) in [6, 6.07) is 16.9. The quantitative estimate of drug-likeness (QED) is 0.556. The molecule has 0 aliphatic carbocycles. The number of nitrogens with one attached hydrogen (secondary N) is 1. The van der Waals surface area contributed by atoms with E-state index in [-0.39, 0.29) is 12.5 Å². The molecule has 0 fully saturated rings. The number of carbonyl (C=O) groups is 1. The van der Waals surface area contributed by atoms with Gasteiger partial charge in [0.15, 0.2) is 17.8 Å². The van der Waals surface area contributed by atoms with Gasteiger partial charge in [-0.3, -0.25) is 4.79 Å². The third-order valence-corrected chi connectivity index (χ3v) is 4.38. The first-order valence-corrected chi connectivity index (χ1v) is 8.91. The summed E-state index contributed by atoms with van der Waals surface area (Å²) in [6.07, 6.45) is 1.67. The van der Waals surface area contributed by atoms with E-state index in [4.69, 9.17) is 9.15 Å². The number of benzene rings is 2. The molecule has 1 amide bonds. The first-order chi connectivity index (χ1) is 13.6. The molecule has 4 rings (SSSR count). The van der Waals surface area contributed by atoms with E-state index in [1.807, 2.05) is 62.4 Å². The van der Waals surface area contributed by atoms with Crippen LogP contribution in [0.4, 0.5) is 5.69 Å². The van der Waals surface area contributed by atoms with Gasteiger partial charge in [-0.1, -0.05) is 24.3 Å². The van der Waals surface area contributed by atoms with Crippen LogP contribution >= 0.6 is 0 Å². The molecule has 140 valence electrons. The fourth-order valence-electron chi connectivity index (χ4n) is 2.83. The Hall–Kier alpha value is -3.67. The Labute approximate surface area is 162 Å². The molecule has 0 saturated heterocycles. The minimum Gasteiger partial charge on any atom is -0.483 e. The van der Waals surface area contributed by atoms with Gasteiger partial charge in [0.05, 0.1) is 0 Å². The minimum absolute atomic E-state index is 0.0681. The number of hydrogen-bond acceptors (Lipinski definition) is 5. The van der Waals surface area contributed by atoms with E-state index >= 15 is 0 Å². The molecule has 0 aliphatic rings. The molecule has 0 saturated carbocycles. The highest BCUT2D eigenvalue weighted by molar-refractivity contribution is 5.93. The Morgan fingerprint density at radius 2 is 1.93 bits per heavy atom. The highest BCUT2D eigenvalue weighted by Gasteiger charge is 2.12. The molecule has 4 aromatic rings. The minimum atomic E-state index is -0.234. The Balaban J connectivity index is 1.50. The van der Waals surface area contributed by atoms with Gasteiger partial charge in [0, 0.05) is 17.4 Å². The van der Waals surface area contributed by atoms with Crippen LogP contribution in [0.1, 0.15) is 11.1 Å². The van der Waals surface area contributed by atoms with E-state index in [9.17, 15) is 4.79 Å². The number of pyridine rings is 1. The zero-order valence-corrected chi connectivity index (χ0v) is 15.6. The van der Waals surface area contributed by atoms with Gasteiger partial charge in [0.1, 0.15) is 5.75 Å². The second-order valence-corrected chi connectivity index (χ2v) is 6.48. The van der Waals surface area contributed by atoms with Gasteiger partial charge in [-0.25, -0.2) is 4.98 Å². The SMILES string of the molecule is Cc1ccc(-c2nc3ncccc3o2)cc1NC(=O)COc1ccccc1C. The average molecular weight is 373 g/mol. The molecule has 0 bridgehead atoms. The van der Waals surface area contributed by atoms with Crippen LogP contribution in [0.15, 0.2) is 65.2 Å². The van der Waals surface area contributed by atoms with Crippen LogP contribution in [0, 0.1) is 13.8 Å². The Bertz CT molecular complexity index is 1120. The van der Waals surface area contributed by atoms with Gasteiger partial charge in [-0.15, -0.1) is 0 Å². The van der Waals surface area contributed by atoms with Crippen LogP contribution in [-0.2, 0) is 4.79 Å². The molecular formula is C22H19N3O3. The van der Waals surface area contributed by atoms with Gasteiger partial charge in [0.25, 0.3) is 5.91 Å². The summed E-state index contributed by atoms with van der Waals surface area (Å²) in [4.78, 5) is 20.9. The van der Waals surface area contributed by atoms with E-state index < -0.39 is 0 Å². The van der Waals surface area contributed by atoms with Crippen molar-refractivity contribution in [2.75, 3.05) is 11.9 Å². The standard InChI is InChI=1S/C22H19N3O3/c1-14-9-10-16(22-25-21-19(28-22)8-5-11-23-21)12-17(14)24-20(26)13-27-18-7-4-3-6-15(18)2/h3-12H,13H2,1-2H3,(H,24,26).